The molecule has 0 saturated heterocycles. The molecule has 0 aliphatic carbocycles. The number of fused-ring (bicyclic) bond motifs is 5. The van der Waals surface area contributed by atoms with Gasteiger partial charge in [0.25, 0.3) is 5.91 Å². The molecule has 168 valence electrons. The minimum Gasteiger partial charge on any atom is -0.502 e. The van der Waals surface area contributed by atoms with Crippen LogP contribution in [0.25, 0.3) is 0 Å². The van der Waals surface area contributed by atoms with E-state index in [9.17, 15) is 14.7 Å². The van der Waals surface area contributed by atoms with Crippen molar-refractivity contribution >= 4 is 17.5 Å². The van der Waals surface area contributed by atoms with Crippen molar-refractivity contribution < 1.29 is 14.6 Å². The Bertz CT molecular complexity index is 1320. The molecular weight excluding hydrogens is 442 g/mol. The number of aromatic nitrogens is 1. The van der Waals surface area contributed by atoms with Crippen molar-refractivity contribution in [3.05, 3.63) is 105 Å². The summed E-state index contributed by atoms with van der Waals surface area (Å²) >= 11 is 6.60. The van der Waals surface area contributed by atoms with Gasteiger partial charge in [0.2, 0.25) is 5.43 Å². The number of para-hydroxylation sites is 1. The third-order valence-electron chi connectivity index (χ3n) is 6.27. The number of pyridine rings is 1. The number of aromatic hydroxyl groups is 1. The zero-order chi connectivity index (χ0) is 23.2. The molecule has 2 aliphatic rings. The second-order valence-corrected chi connectivity index (χ2v) is 8.53. The average molecular weight is 464 g/mol. The Hall–Kier alpha value is -3.71. The van der Waals surface area contributed by atoms with E-state index in [0.29, 0.717) is 10.8 Å². The molecule has 1 amide bonds. The first-order chi connectivity index (χ1) is 15.9. The van der Waals surface area contributed by atoms with Gasteiger partial charge in [-0.3, -0.25) is 19.3 Å². The molecular formula is C25H22ClN3O4. The number of hydrogen-bond donors (Lipinski definition) is 1. The fourth-order valence-corrected chi connectivity index (χ4v) is 4.73. The first-order valence-electron chi connectivity index (χ1n) is 10.6. The van der Waals surface area contributed by atoms with Gasteiger partial charge in [-0.2, -0.15) is 0 Å². The van der Waals surface area contributed by atoms with Crippen LogP contribution in [0.15, 0.2) is 77.7 Å². The van der Waals surface area contributed by atoms with Gasteiger partial charge in [0.05, 0.1) is 5.02 Å². The van der Waals surface area contributed by atoms with Crippen LogP contribution >= 0.6 is 11.6 Å². The van der Waals surface area contributed by atoms with Gasteiger partial charge in [0.15, 0.2) is 11.4 Å². The number of nitrogens with zero attached hydrogens (tertiary/aromatic N) is 3. The molecule has 7 nitrogen and oxygen atoms in total. The van der Waals surface area contributed by atoms with E-state index in [2.05, 4.69) is 0 Å². The minimum absolute atomic E-state index is 0.0759. The molecule has 0 saturated carbocycles. The largest absolute Gasteiger partial charge is 0.502 e. The van der Waals surface area contributed by atoms with Crippen molar-refractivity contribution in [2.24, 2.45) is 0 Å². The highest BCUT2D eigenvalue weighted by atomic mass is 35.5. The van der Waals surface area contributed by atoms with E-state index >= 15 is 0 Å². The van der Waals surface area contributed by atoms with Gasteiger partial charge in [-0.05, 0) is 24.6 Å². The van der Waals surface area contributed by atoms with Crippen molar-refractivity contribution in [2.45, 2.75) is 12.5 Å². The summed E-state index contributed by atoms with van der Waals surface area (Å²) in [7, 11) is 0. The summed E-state index contributed by atoms with van der Waals surface area (Å²) in [6.45, 7) is 2.78. The third kappa shape index (κ3) is 3.27. The van der Waals surface area contributed by atoms with Crippen molar-refractivity contribution in [3.8, 4) is 11.5 Å². The molecule has 1 atom stereocenters. The molecule has 8 heteroatoms. The summed E-state index contributed by atoms with van der Waals surface area (Å²) in [5.74, 6) is -0.464. The Balaban J connectivity index is 1.87. The van der Waals surface area contributed by atoms with Gasteiger partial charge in [0.1, 0.15) is 24.6 Å². The van der Waals surface area contributed by atoms with E-state index in [-0.39, 0.29) is 25.5 Å². The normalized spacial score (nSPS) is 20.8. The van der Waals surface area contributed by atoms with Crippen LogP contribution in [0.4, 0.5) is 0 Å². The molecule has 0 fully saturated rings. The molecule has 0 unspecified atom stereocenters. The number of ether oxygens (including phenoxy) is 1. The average Bonchev–Trinajstić information content (AvgIpc) is 2.85. The molecule has 3 heterocycles. The second kappa shape index (κ2) is 8.01. The Labute approximate surface area is 195 Å². The highest BCUT2D eigenvalue weighted by molar-refractivity contribution is 6.32. The Morgan fingerprint density at radius 3 is 2.61 bits per heavy atom. The lowest BCUT2D eigenvalue weighted by Crippen LogP contribution is -2.61. The summed E-state index contributed by atoms with van der Waals surface area (Å²) in [6, 6.07) is 16.6. The molecule has 1 N–H and O–H groups in total. The predicted octanol–water partition coefficient (Wildman–Crippen LogP) is 3.47. The minimum atomic E-state index is -0.888. The van der Waals surface area contributed by atoms with Crippen LogP contribution < -0.4 is 15.2 Å². The molecule has 0 spiro atoms. The first-order valence-corrected chi connectivity index (χ1v) is 10.9. The quantitative estimate of drug-likeness (QED) is 0.559. The summed E-state index contributed by atoms with van der Waals surface area (Å²) in [6.07, 6.45) is 5.17. The van der Waals surface area contributed by atoms with Crippen LogP contribution in [0.2, 0.25) is 5.02 Å². The van der Waals surface area contributed by atoms with E-state index in [4.69, 9.17) is 16.3 Å². The number of amides is 1. The van der Waals surface area contributed by atoms with Crippen molar-refractivity contribution in [1.82, 2.24) is 9.58 Å². The lowest BCUT2D eigenvalue weighted by molar-refractivity contribution is 0.0685. The van der Waals surface area contributed by atoms with Gasteiger partial charge < -0.3 is 14.7 Å². The number of rotatable bonds is 1. The standard InChI is InChI=1S/C25H22ClN3O4/c1-25(17-8-3-2-4-9-17)18-10-7-11-19(26)23(18)33-15-6-5-13-27-16-29(25)28-14-12-20(30)22(31)21(28)24(27)32/h2-12,14,31H,13,15-16H2,1H3/b6-5-/t25-/m1/s1. The summed E-state index contributed by atoms with van der Waals surface area (Å²) < 4.78 is 7.68. The highest BCUT2D eigenvalue weighted by Gasteiger charge is 2.44. The molecule has 1 aromatic heterocycles. The summed E-state index contributed by atoms with van der Waals surface area (Å²) in [5, 5.41) is 13.0. The van der Waals surface area contributed by atoms with Crippen LogP contribution in [0.5, 0.6) is 11.5 Å². The Morgan fingerprint density at radius 2 is 1.82 bits per heavy atom. The van der Waals surface area contributed by atoms with E-state index < -0.39 is 22.6 Å². The van der Waals surface area contributed by atoms with Crippen LogP contribution in [0.1, 0.15) is 28.5 Å². The monoisotopic (exact) mass is 463 g/mol. The van der Waals surface area contributed by atoms with E-state index in [1.807, 2.05) is 66.5 Å². The number of halogens is 1. The van der Waals surface area contributed by atoms with Crippen LogP contribution in [0.3, 0.4) is 0 Å². The van der Waals surface area contributed by atoms with E-state index in [1.54, 1.807) is 15.6 Å². The van der Waals surface area contributed by atoms with Gasteiger partial charge in [-0.1, -0.05) is 60.1 Å². The van der Waals surface area contributed by atoms with Gasteiger partial charge in [0, 0.05) is 24.4 Å². The maximum Gasteiger partial charge on any atom is 0.278 e. The lowest BCUT2D eigenvalue weighted by Gasteiger charge is -2.49. The molecule has 2 aromatic carbocycles. The number of benzene rings is 2. The zero-order valence-electron chi connectivity index (χ0n) is 17.9. The smallest absolute Gasteiger partial charge is 0.278 e. The molecule has 33 heavy (non-hydrogen) atoms. The van der Waals surface area contributed by atoms with Gasteiger partial charge in [-0.15, -0.1) is 0 Å². The van der Waals surface area contributed by atoms with Gasteiger partial charge in [-0.25, -0.2) is 0 Å². The van der Waals surface area contributed by atoms with E-state index in [1.165, 1.54) is 12.3 Å². The zero-order valence-corrected chi connectivity index (χ0v) is 18.7. The van der Waals surface area contributed by atoms with E-state index in [0.717, 1.165) is 11.1 Å². The second-order valence-electron chi connectivity index (χ2n) is 8.13. The van der Waals surface area contributed by atoms with Crippen LogP contribution in [-0.4, -0.2) is 40.4 Å². The Morgan fingerprint density at radius 1 is 1.03 bits per heavy atom. The first kappa shape index (κ1) is 21.2. The van der Waals surface area contributed by atoms with Crippen LogP contribution in [0, 0.1) is 0 Å². The summed E-state index contributed by atoms with van der Waals surface area (Å²) in [4.78, 5) is 27.1. The van der Waals surface area contributed by atoms with Crippen molar-refractivity contribution in [3.63, 3.8) is 0 Å². The number of carbonyl (C=O) groups excluding carboxylic acids is 1. The topological polar surface area (TPSA) is 75.0 Å². The molecule has 3 aromatic rings. The maximum absolute atomic E-state index is 13.3. The number of carbonyl (C=O) groups is 1. The maximum atomic E-state index is 13.3. The predicted molar refractivity (Wildman–Crippen MR) is 125 cm³/mol. The summed E-state index contributed by atoms with van der Waals surface area (Å²) in [5.41, 5.74) is 0.135. The van der Waals surface area contributed by atoms with Gasteiger partial charge >= 0.3 is 0 Å². The SMILES string of the molecule is C[C@@]1(c2ccccc2)c2cccc(Cl)c2OC/C=C\CN2CN1n1ccc(=O)c(O)c1C2=O. The van der Waals surface area contributed by atoms with Crippen molar-refractivity contribution in [1.29, 1.82) is 0 Å². The third-order valence-corrected chi connectivity index (χ3v) is 6.57. The molecule has 0 radical (unpaired) electrons. The van der Waals surface area contributed by atoms with Crippen LogP contribution in [-0.2, 0) is 5.54 Å². The van der Waals surface area contributed by atoms with Crippen molar-refractivity contribution in [2.75, 3.05) is 24.8 Å². The lowest BCUT2D eigenvalue weighted by atomic mass is 9.83. The fraction of sp³-hybridized carbons (Fsp3) is 0.200. The fourth-order valence-electron chi connectivity index (χ4n) is 4.51. The highest BCUT2D eigenvalue weighted by Crippen LogP contribution is 2.44. The Kier molecular flexibility index (Phi) is 5.13. The molecule has 2 aliphatic heterocycles. The molecule has 2 bridgehead atoms. The number of hydrogen-bond acceptors (Lipinski definition) is 5. The molecule has 5 rings (SSSR count).